The minimum Gasteiger partial charge on any atom is -0.308 e. The van der Waals surface area contributed by atoms with E-state index in [1.807, 2.05) is 0 Å². The van der Waals surface area contributed by atoms with E-state index in [2.05, 4.69) is 54.5 Å². The molecule has 1 aromatic carbocycles. The Morgan fingerprint density at radius 3 is 2.56 bits per heavy atom. The number of likely N-dealkylation sites (N-methyl/N-ethyl adjacent to an activating group) is 1. The summed E-state index contributed by atoms with van der Waals surface area (Å²) in [5.74, 6) is 0. The van der Waals surface area contributed by atoms with E-state index in [1.54, 1.807) is 0 Å². The Labute approximate surface area is 98.7 Å². The molecule has 2 rings (SSSR count). The molecule has 1 unspecified atom stereocenters. The van der Waals surface area contributed by atoms with Crippen LogP contribution in [0.15, 0.2) is 30.3 Å². The summed E-state index contributed by atoms with van der Waals surface area (Å²) in [7, 11) is 2.22. The fraction of sp³-hybridized carbons (Fsp3) is 0.571. The highest BCUT2D eigenvalue weighted by Crippen LogP contribution is 2.10. The molecule has 2 atom stereocenters. The summed E-state index contributed by atoms with van der Waals surface area (Å²) in [6.07, 6.45) is 2.36. The summed E-state index contributed by atoms with van der Waals surface area (Å²) in [6, 6.07) is 12.0. The third-order valence-electron chi connectivity index (χ3n) is 3.35. The van der Waals surface area contributed by atoms with Gasteiger partial charge in [-0.15, -0.1) is 0 Å². The lowest BCUT2D eigenvalue weighted by atomic mass is 10.0. The molecule has 0 amide bonds. The van der Waals surface area contributed by atoms with E-state index < -0.39 is 0 Å². The Kier molecular flexibility index (Phi) is 3.97. The Morgan fingerprint density at radius 2 is 1.88 bits per heavy atom. The van der Waals surface area contributed by atoms with Crippen molar-refractivity contribution < 1.29 is 0 Å². The molecule has 0 saturated carbocycles. The Morgan fingerprint density at radius 1 is 1.19 bits per heavy atom. The van der Waals surface area contributed by atoms with Crippen molar-refractivity contribution in [3.8, 4) is 0 Å². The quantitative estimate of drug-likeness (QED) is 0.834. The Bertz CT molecular complexity index is 310. The molecule has 0 spiro atoms. The highest BCUT2D eigenvalue weighted by molar-refractivity contribution is 5.16. The minimum atomic E-state index is 0.603. The van der Waals surface area contributed by atoms with Crippen LogP contribution in [0.3, 0.4) is 0 Å². The van der Waals surface area contributed by atoms with Crippen LogP contribution in [-0.2, 0) is 6.42 Å². The van der Waals surface area contributed by atoms with Crippen LogP contribution in [0.2, 0.25) is 0 Å². The molecule has 88 valence electrons. The highest BCUT2D eigenvalue weighted by atomic mass is 15.2. The van der Waals surface area contributed by atoms with Crippen LogP contribution in [-0.4, -0.2) is 37.1 Å². The van der Waals surface area contributed by atoms with Gasteiger partial charge in [-0.3, -0.25) is 0 Å². The number of nitrogens with zero attached hydrogens (tertiary/aromatic N) is 1. The monoisotopic (exact) mass is 218 g/mol. The van der Waals surface area contributed by atoms with Crippen molar-refractivity contribution in [1.82, 2.24) is 10.2 Å². The van der Waals surface area contributed by atoms with Crippen LogP contribution in [0.5, 0.6) is 0 Å². The second kappa shape index (κ2) is 5.46. The predicted molar refractivity (Wildman–Crippen MR) is 68.6 cm³/mol. The number of benzene rings is 1. The van der Waals surface area contributed by atoms with Gasteiger partial charge in [-0.05, 0) is 25.5 Å². The number of nitrogens with one attached hydrogen (secondary N) is 1. The molecule has 1 heterocycles. The average Bonchev–Trinajstić information content (AvgIpc) is 2.29. The SMILES string of the molecule is CCC1CN(C)C[C@@H](Cc2ccccc2)N1. The van der Waals surface area contributed by atoms with E-state index >= 15 is 0 Å². The van der Waals surface area contributed by atoms with Crippen molar-refractivity contribution in [2.45, 2.75) is 31.8 Å². The van der Waals surface area contributed by atoms with Gasteiger partial charge in [0.1, 0.15) is 0 Å². The first-order valence-electron chi connectivity index (χ1n) is 6.26. The molecule has 16 heavy (non-hydrogen) atoms. The maximum Gasteiger partial charge on any atom is 0.0238 e. The van der Waals surface area contributed by atoms with Crippen LogP contribution in [0.1, 0.15) is 18.9 Å². The van der Waals surface area contributed by atoms with Crippen LogP contribution in [0.4, 0.5) is 0 Å². The van der Waals surface area contributed by atoms with Crippen LogP contribution >= 0.6 is 0 Å². The molecule has 2 nitrogen and oxygen atoms in total. The van der Waals surface area contributed by atoms with Gasteiger partial charge in [-0.2, -0.15) is 0 Å². The van der Waals surface area contributed by atoms with E-state index in [0.29, 0.717) is 12.1 Å². The maximum atomic E-state index is 3.74. The number of rotatable bonds is 3. The van der Waals surface area contributed by atoms with E-state index in [4.69, 9.17) is 0 Å². The third kappa shape index (κ3) is 3.06. The molecule has 1 aliphatic rings. The topological polar surface area (TPSA) is 15.3 Å². The van der Waals surface area contributed by atoms with E-state index in [0.717, 1.165) is 13.0 Å². The summed E-state index contributed by atoms with van der Waals surface area (Å²) in [5, 5.41) is 3.74. The largest absolute Gasteiger partial charge is 0.308 e. The van der Waals surface area contributed by atoms with Gasteiger partial charge in [0.05, 0.1) is 0 Å². The molecule has 0 aromatic heterocycles. The van der Waals surface area contributed by atoms with Crippen molar-refractivity contribution in [2.75, 3.05) is 20.1 Å². The van der Waals surface area contributed by atoms with Gasteiger partial charge in [-0.25, -0.2) is 0 Å². The van der Waals surface area contributed by atoms with Crippen molar-refractivity contribution in [3.05, 3.63) is 35.9 Å². The molecule has 1 aliphatic heterocycles. The van der Waals surface area contributed by atoms with Gasteiger partial charge >= 0.3 is 0 Å². The van der Waals surface area contributed by atoms with Crippen molar-refractivity contribution >= 4 is 0 Å². The summed E-state index contributed by atoms with van der Waals surface area (Å²) in [5.41, 5.74) is 1.44. The molecule has 2 heteroatoms. The zero-order valence-electron chi connectivity index (χ0n) is 10.3. The number of hydrogen-bond acceptors (Lipinski definition) is 2. The molecular formula is C14H22N2. The molecular weight excluding hydrogens is 196 g/mol. The first-order chi connectivity index (χ1) is 7.78. The lowest BCUT2D eigenvalue weighted by Crippen LogP contribution is -2.55. The fourth-order valence-corrected chi connectivity index (χ4v) is 2.53. The Balaban J connectivity index is 1.94. The highest BCUT2D eigenvalue weighted by Gasteiger charge is 2.22. The zero-order valence-corrected chi connectivity index (χ0v) is 10.3. The summed E-state index contributed by atoms with van der Waals surface area (Å²) in [4.78, 5) is 2.44. The molecule has 0 radical (unpaired) electrons. The van der Waals surface area contributed by atoms with Crippen molar-refractivity contribution in [3.63, 3.8) is 0 Å². The van der Waals surface area contributed by atoms with Gasteiger partial charge in [-0.1, -0.05) is 37.3 Å². The molecule has 0 bridgehead atoms. The maximum absolute atomic E-state index is 3.74. The fourth-order valence-electron chi connectivity index (χ4n) is 2.53. The normalized spacial score (nSPS) is 26.9. The van der Waals surface area contributed by atoms with Crippen LogP contribution in [0.25, 0.3) is 0 Å². The first kappa shape index (κ1) is 11.6. The van der Waals surface area contributed by atoms with Gasteiger partial charge in [0.2, 0.25) is 0 Å². The van der Waals surface area contributed by atoms with Crippen molar-refractivity contribution in [2.24, 2.45) is 0 Å². The van der Waals surface area contributed by atoms with Gasteiger partial charge in [0, 0.05) is 25.2 Å². The van der Waals surface area contributed by atoms with Crippen molar-refractivity contribution in [1.29, 1.82) is 0 Å². The lowest BCUT2D eigenvalue weighted by Gasteiger charge is -2.36. The second-order valence-corrected chi connectivity index (χ2v) is 4.88. The third-order valence-corrected chi connectivity index (χ3v) is 3.35. The van der Waals surface area contributed by atoms with E-state index in [9.17, 15) is 0 Å². The number of hydrogen-bond donors (Lipinski definition) is 1. The molecule has 1 saturated heterocycles. The second-order valence-electron chi connectivity index (χ2n) is 4.88. The predicted octanol–water partition coefficient (Wildman–Crippen LogP) is 1.91. The lowest BCUT2D eigenvalue weighted by molar-refractivity contribution is 0.188. The molecule has 1 N–H and O–H groups in total. The minimum absolute atomic E-state index is 0.603. The first-order valence-corrected chi connectivity index (χ1v) is 6.26. The summed E-state index contributed by atoms with van der Waals surface area (Å²) in [6.45, 7) is 4.60. The standard InChI is InChI=1S/C14H22N2/c1-3-13-10-16(2)11-14(15-13)9-12-7-5-4-6-8-12/h4-8,13-15H,3,9-11H2,1-2H3/t13?,14-/m1/s1. The van der Waals surface area contributed by atoms with Crippen LogP contribution < -0.4 is 5.32 Å². The smallest absolute Gasteiger partial charge is 0.0238 e. The number of piperazine rings is 1. The molecule has 1 aromatic rings. The van der Waals surface area contributed by atoms with Gasteiger partial charge in [0.15, 0.2) is 0 Å². The zero-order chi connectivity index (χ0) is 11.4. The van der Waals surface area contributed by atoms with E-state index in [-0.39, 0.29) is 0 Å². The summed E-state index contributed by atoms with van der Waals surface area (Å²) < 4.78 is 0. The average molecular weight is 218 g/mol. The molecule has 0 aliphatic carbocycles. The Hall–Kier alpha value is -0.860. The van der Waals surface area contributed by atoms with Gasteiger partial charge < -0.3 is 10.2 Å². The summed E-state index contributed by atoms with van der Waals surface area (Å²) >= 11 is 0. The van der Waals surface area contributed by atoms with E-state index in [1.165, 1.54) is 18.5 Å². The van der Waals surface area contributed by atoms with Crippen LogP contribution in [0, 0.1) is 0 Å². The molecule has 1 fully saturated rings. The van der Waals surface area contributed by atoms with Gasteiger partial charge in [0.25, 0.3) is 0 Å².